The van der Waals surface area contributed by atoms with Gasteiger partial charge in [0.05, 0.1) is 19.8 Å². The van der Waals surface area contributed by atoms with E-state index in [0.29, 0.717) is 26.4 Å². The predicted molar refractivity (Wildman–Crippen MR) is 104 cm³/mol. The first-order chi connectivity index (χ1) is 11.7. The Morgan fingerprint density at radius 1 is 1.12 bits per heavy atom. The van der Waals surface area contributed by atoms with Crippen LogP contribution in [-0.4, -0.2) is 46.0 Å². The van der Waals surface area contributed by atoms with Gasteiger partial charge in [-0.15, -0.1) is 0 Å². The average molecular weight is 400 g/mol. The second kappa shape index (κ2) is 13.2. The SMILES string of the molecule is CCCCOCCOCCNC(=NC)NCc1ccc(Br)cc1C. The Morgan fingerprint density at radius 2 is 1.88 bits per heavy atom. The van der Waals surface area contributed by atoms with Crippen LogP contribution >= 0.6 is 15.9 Å². The average Bonchev–Trinajstić information content (AvgIpc) is 2.57. The number of unbranched alkanes of at least 4 members (excludes halogenated alkanes) is 1. The number of halogens is 1. The summed E-state index contributed by atoms with van der Waals surface area (Å²) in [5.41, 5.74) is 2.50. The molecule has 1 rings (SSSR count). The van der Waals surface area contributed by atoms with Gasteiger partial charge in [-0.05, 0) is 36.6 Å². The maximum atomic E-state index is 5.53. The van der Waals surface area contributed by atoms with Gasteiger partial charge in [0.25, 0.3) is 0 Å². The minimum Gasteiger partial charge on any atom is -0.379 e. The van der Waals surface area contributed by atoms with Gasteiger partial charge in [-0.25, -0.2) is 0 Å². The molecule has 0 spiro atoms. The highest BCUT2D eigenvalue weighted by atomic mass is 79.9. The van der Waals surface area contributed by atoms with Crippen LogP contribution in [0.1, 0.15) is 30.9 Å². The van der Waals surface area contributed by atoms with E-state index in [4.69, 9.17) is 9.47 Å². The monoisotopic (exact) mass is 399 g/mol. The fourth-order valence-corrected chi connectivity index (χ4v) is 2.54. The van der Waals surface area contributed by atoms with Crippen molar-refractivity contribution in [3.63, 3.8) is 0 Å². The van der Waals surface area contributed by atoms with Crippen LogP contribution in [0.15, 0.2) is 27.7 Å². The second-order valence-electron chi connectivity index (χ2n) is 5.50. The summed E-state index contributed by atoms with van der Waals surface area (Å²) in [6.45, 7) is 8.47. The normalized spacial score (nSPS) is 11.6. The first-order valence-electron chi connectivity index (χ1n) is 8.52. The van der Waals surface area contributed by atoms with E-state index in [9.17, 15) is 0 Å². The number of guanidine groups is 1. The standard InChI is InChI=1S/C18H30BrN3O2/c1-4-5-9-23-11-12-24-10-8-21-18(20-3)22-14-16-6-7-17(19)13-15(16)2/h6-7,13H,4-5,8-12,14H2,1-3H3,(H2,20,21,22). The number of nitrogens with one attached hydrogen (secondary N) is 2. The van der Waals surface area contributed by atoms with Crippen LogP contribution in [0.5, 0.6) is 0 Å². The van der Waals surface area contributed by atoms with E-state index in [1.54, 1.807) is 7.05 Å². The molecule has 0 saturated carbocycles. The largest absolute Gasteiger partial charge is 0.379 e. The van der Waals surface area contributed by atoms with Crippen LogP contribution in [0.25, 0.3) is 0 Å². The van der Waals surface area contributed by atoms with Crippen molar-refractivity contribution in [1.82, 2.24) is 10.6 Å². The number of ether oxygens (including phenoxy) is 2. The van der Waals surface area contributed by atoms with E-state index >= 15 is 0 Å². The molecule has 0 saturated heterocycles. The molecule has 1 aromatic carbocycles. The van der Waals surface area contributed by atoms with Gasteiger partial charge in [-0.2, -0.15) is 0 Å². The Balaban J connectivity index is 2.12. The highest BCUT2D eigenvalue weighted by Gasteiger charge is 2.01. The fourth-order valence-electron chi connectivity index (χ4n) is 2.07. The third-order valence-corrected chi connectivity index (χ3v) is 4.02. The molecule has 1 aromatic rings. The van der Waals surface area contributed by atoms with Crippen LogP contribution in [0.3, 0.4) is 0 Å². The molecular weight excluding hydrogens is 370 g/mol. The number of benzene rings is 1. The highest BCUT2D eigenvalue weighted by Crippen LogP contribution is 2.15. The Bertz CT molecular complexity index is 495. The molecule has 0 aliphatic carbocycles. The second-order valence-corrected chi connectivity index (χ2v) is 6.42. The van der Waals surface area contributed by atoms with Gasteiger partial charge in [-0.3, -0.25) is 4.99 Å². The lowest BCUT2D eigenvalue weighted by atomic mass is 10.1. The van der Waals surface area contributed by atoms with Gasteiger partial charge in [0.15, 0.2) is 5.96 Å². The summed E-state index contributed by atoms with van der Waals surface area (Å²) in [6.07, 6.45) is 2.28. The molecule has 0 bridgehead atoms. The van der Waals surface area contributed by atoms with Crippen molar-refractivity contribution in [1.29, 1.82) is 0 Å². The van der Waals surface area contributed by atoms with Gasteiger partial charge < -0.3 is 20.1 Å². The third kappa shape index (κ3) is 9.25. The zero-order valence-electron chi connectivity index (χ0n) is 15.0. The van der Waals surface area contributed by atoms with Crippen molar-refractivity contribution in [3.05, 3.63) is 33.8 Å². The number of hydrogen-bond donors (Lipinski definition) is 2. The molecule has 2 N–H and O–H groups in total. The lowest BCUT2D eigenvalue weighted by Crippen LogP contribution is -2.38. The summed E-state index contributed by atoms with van der Waals surface area (Å²) < 4.78 is 12.1. The molecule has 0 amide bonds. The van der Waals surface area contributed by atoms with Crippen molar-refractivity contribution >= 4 is 21.9 Å². The Labute approximate surface area is 154 Å². The fraction of sp³-hybridized carbons (Fsp3) is 0.611. The molecule has 0 aromatic heterocycles. The predicted octanol–water partition coefficient (Wildman–Crippen LogP) is 3.26. The minimum absolute atomic E-state index is 0.634. The van der Waals surface area contributed by atoms with E-state index in [0.717, 1.165) is 36.4 Å². The van der Waals surface area contributed by atoms with Gasteiger partial charge >= 0.3 is 0 Å². The van der Waals surface area contributed by atoms with Crippen LogP contribution in [0, 0.1) is 6.92 Å². The maximum Gasteiger partial charge on any atom is 0.191 e. The van der Waals surface area contributed by atoms with Gasteiger partial charge in [0.2, 0.25) is 0 Å². The zero-order chi connectivity index (χ0) is 17.6. The smallest absolute Gasteiger partial charge is 0.191 e. The van der Waals surface area contributed by atoms with E-state index in [2.05, 4.69) is 63.6 Å². The summed E-state index contributed by atoms with van der Waals surface area (Å²) in [5.74, 6) is 0.778. The van der Waals surface area contributed by atoms with Crippen LogP contribution in [0.2, 0.25) is 0 Å². The van der Waals surface area contributed by atoms with Crippen molar-refractivity contribution in [2.24, 2.45) is 4.99 Å². The van der Waals surface area contributed by atoms with Crippen molar-refractivity contribution in [3.8, 4) is 0 Å². The summed E-state index contributed by atoms with van der Waals surface area (Å²) in [6, 6.07) is 6.28. The van der Waals surface area contributed by atoms with E-state index in [-0.39, 0.29) is 0 Å². The Hall–Kier alpha value is -1.11. The van der Waals surface area contributed by atoms with Crippen molar-refractivity contribution in [2.75, 3.05) is 40.0 Å². The van der Waals surface area contributed by atoms with E-state index in [1.165, 1.54) is 11.1 Å². The molecule has 136 valence electrons. The number of nitrogens with zero attached hydrogens (tertiary/aromatic N) is 1. The molecule has 0 aliphatic heterocycles. The van der Waals surface area contributed by atoms with Gasteiger partial charge in [-0.1, -0.05) is 35.3 Å². The lowest BCUT2D eigenvalue weighted by Gasteiger charge is -2.13. The molecule has 0 radical (unpaired) electrons. The molecule has 0 heterocycles. The summed E-state index contributed by atoms with van der Waals surface area (Å²) >= 11 is 3.48. The highest BCUT2D eigenvalue weighted by molar-refractivity contribution is 9.10. The maximum absolute atomic E-state index is 5.53. The summed E-state index contributed by atoms with van der Waals surface area (Å²) in [4.78, 5) is 4.22. The molecule has 5 nitrogen and oxygen atoms in total. The molecule has 24 heavy (non-hydrogen) atoms. The molecule has 0 aliphatic rings. The zero-order valence-corrected chi connectivity index (χ0v) is 16.6. The number of hydrogen-bond acceptors (Lipinski definition) is 3. The van der Waals surface area contributed by atoms with E-state index < -0.39 is 0 Å². The number of aryl methyl sites for hydroxylation is 1. The molecule has 0 atom stereocenters. The van der Waals surface area contributed by atoms with Crippen molar-refractivity contribution in [2.45, 2.75) is 33.2 Å². The molecule has 6 heteroatoms. The van der Waals surface area contributed by atoms with Gasteiger partial charge in [0, 0.05) is 31.2 Å². The molecule has 0 fully saturated rings. The Kier molecular flexibility index (Phi) is 11.5. The minimum atomic E-state index is 0.634. The third-order valence-electron chi connectivity index (χ3n) is 3.53. The van der Waals surface area contributed by atoms with Gasteiger partial charge in [0.1, 0.15) is 0 Å². The van der Waals surface area contributed by atoms with Crippen LogP contribution < -0.4 is 10.6 Å². The quantitative estimate of drug-likeness (QED) is 0.340. The first kappa shape index (κ1) is 20.9. The first-order valence-corrected chi connectivity index (χ1v) is 9.31. The van der Waals surface area contributed by atoms with Crippen LogP contribution in [0.4, 0.5) is 0 Å². The Morgan fingerprint density at radius 3 is 2.54 bits per heavy atom. The lowest BCUT2D eigenvalue weighted by molar-refractivity contribution is 0.0487. The number of rotatable bonds is 11. The molecular formula is C18H30BrN3O2. The van der Waals surface area contributed by atoms with Crippen molar-refractivity contribution < 1.29 is 9.47 Å². The number of aliphatic imine (C=N–C) groups is 1. The van der Waals surface area contributed by atoms with Crippen LogP contribution in [-0.2, 0) is 16.0 Å². The summed E-state index contributed by atoms with van der Waals surface area (Å²) in [7, 11) is 1.77. The van der Waals surface area contributed by atoms with E-state index in [1.807, 2.05) is 0 Å². The topological polar surface area (TPSA) is 54.9 Å². The molecule has 0 unspecified atom stereocenters. The summed E-state index contributed by atoms with van der Waals surface area (Å²) in [5, 5.41) is 6.56.